The van der Waals surface area contributed by atoms with Crippen molar-refractivity contribution in [1.82, 2.24) is 0 Å². The number of hydrogen-bond donors (Lipinski definition) is 0. The maximum Gasteiger partial charge on any atom is 0.116 e. The van der Waals surface area contributed by atoms with Gasteiger partial charge < -0.3 is 4.74 Å². The van der Waals surface area contributed by atoms with E-state index in [1.807, 2.05) is 0 Å². The normalized spacial score (nSPS) is 29.1. The summed E-state index contributed by atoms with van der Waals surface area (Å²) in [6.45, 7) is 3.83. The van der Waals surface area contributed by atoms with E-state index in [1.165, 1.54) is 0 Å². The molecule has 1 heterocycles. The second kappa shape index (κ2) is 2.27. The lowest BCUT2D eigenvalue weighted by atomic mass is 10.2. The molecule has 0 bridgehead atoms. The molecule has 0 spiro atoms. The summed E-state index contributed by atoms with van der Waals surface area (Å²) in [6.07, 6.45) is 0.513. The summed E-state index contributed by atoms with van der Waals surface area (Å²) in [4.78, 5) is 0. The van der Waals surface area contributed by atoms with Gasteiger partial charge >= 0.3 is 0 Å². The van der Waals surface area contributed by atoms with Gasteiger partial charge in [0, 0.05) is 0 Å². The second-order valence-corrected chi connectivity index (χ2v) is 2.04. The Hall–Kier alpha value is -0.370. The van der Waals surface area contributed by atoms with E-state index in [0.29, 0.717) is 13.0 Å². The molecule has 46 valence electrons. The minimum atomic E-state index is -0.376. The number of hydrogen-bond acceptors (Lipinski definition) is 1. The summed E-state index contributed by atoms with van der Waals surface area (Å²) in [5.74, 6) is 0. The third kappa shape index (κ3) is 1.07. The largest absolute Gasteiger partial charge is 0.371 e. The molecule has 0 aromatic heterocycles. The van der Waals surface area contributed by atoms with E-state index >= 15 is 0 Å². The van der Waals surface area contributed by atoms with E-state index in [9.17, 15) is 4.39 Å². The Bertz CT molecular complexity index is 101. The molecule has 0 aromatic carbocycles. The molecule has 0 amide bonds. The van der Waals surface area contributed by atoms with E-state index in [1.54, 1.807) is 0 Å². The molecule has 1 unspecified atom stereocenters. The fraction of sp³-hybridized carbons (Fsp3) is 0.667. The Morgan fingerprint density at radius 2 is 2.62 bits per heavy atom. The molecule has 1 saturated heterocycles. The lowest BCUT2D eigenvalue weighted by molar-refractivity contribution is 0.0909. The van der Waals surface area contributed by atoms with E-state index in [0.717, 1.165) is 5.57 Å². The Balaban J connectivity index is 2.32. The van der Waals surface area contributed by atoms with E-state index in [2.05, 4.69) is 6.58 Å². The number of halogens is 1. The maximum atomic E-state index is 11.7. The van der Waals surface area contributed by atoms with Crippen LogP contribution in [-0.2, 0) is 4.74 Å². The minimum absolute atomic E-state index is 0.192. The van der Waals surface area contributed by atoms with Gasteiger partial charge in [-0.2, -0.15) is 0 Å². The van der Waals surface area contributed by atoms with Crippen LogP contribution >= 0.6 is 0 Å². The molecule has 2 heteroatoms. The maximum absolute atomic E-state index is 11.7. The van der Waals surface area contributed by atoms with Crippen molar-refractivity contribution in [3.05, 3.63) is 12.2 Å². The summed E-state index contributed by atoms with van der Waals surface area (Å²) in [7, 11) is 0. The molecule has 1 atom stereocenters. The summed E-state index contributed by atoms with van der Waals surface area (Å²) in [5, 5.41) is 0. The third-order valence-electron chi connectivity index (χ3n) is 1.21. The fourth-order valence-electron chi connectivity index (χ4n) is 0.775. The van der Waals surface area contributed by atoms with E-state index < -0.39 is 0 Å². The van der Waals surface area contributed by atoms with Crippen LogP contribution in [0.2, 0.25) is 0 Å². The summed E-state index contributed by atoms with van der Waals surface area (Å²) in [6, 6.07) is 0. The molecule has 0 radical (unpaired) electrons. The summed E-state index contributed by atoms with van der Waals surface area (Å²) in [5.41, 5.74) is 1.01. The number of rotatable bonds is 1. The Labute approximate surface area is 48.1 Å². The molecule has 1 fully saturated rings. The van der Waals surface area contributed by atoms with Crippen molar-refractivity contribution in [3.63, 3.8) is 0 Å². The van der Waals surface area contributed by atoms with Gasteiger partial charge in [-0.05, 0) is 12.0 Å². The molecule has 1 rings (SSSR count). The predicted octanol–water partition coefficient (Wildman–Crippen LogP) is 1.30. The molecule has 8 heavy (non-hydrogen) atoms. The quantitative estimate of drug-likeness (QED) is 0.469. The van der Waals surface area contributed by atoms with Crippen LogP contribution in [0.1, 0.15) is 6.42 Å². The molecule has 0 aromatic rings. The first-order valence-corrected chi connectivity index (χ1v) is 2.67. The second-order valence-electron chi connectivity index (χ2n) is 2.04. The molecular weight excluding hydrogens is 107 g/mol. The monoisotopic (exact) mass is 116 g/mol. The fourth-order valence-corrected chi connectivity index (χ4v) is 0.775. The zero-order valence-corrected chi connectivity index (χ0v) is 4.69. The van der Waals surface area contributed by atoms with E-state index in [-0.39, 0.29) is 12.8 Å². The Morgan fingerprint density at radius 1 is 1.88 bits per heavy atom. The SMILES string of the molecule is C=C1COC(CF)C1. The van der Waals surface area contributed by atoms with Crippen molar-refractivity contribution >= 4 is 0 Å². The van der Waals surface area contributed by atoms with Gasteiger partial charge in [0.25, 0.3) is 0 Å². The van der Waals surface area contributed by atoms with Crippen molar-refractivity contribution in [2.45, 2.75) is 12.5 Å². The van der Waals surface area contributed by atoms with Gasteiger partial charge in [-0.3, -0.25) is 0 Å². The molecular formula is C6H9FO. The van der Waals surface area contributed by atoms with Crippen molar-refractivity contribution in [2.75, 3.05) is 13.3 Å². The minimum Gasteiger partial charge on any atom is -0.371 e. The van der Waals surface area contributed by atoms with Gasteiger partial charge in [-0.15, -0.1) is 0 Å². The third-order valence-corrected chi connectivity index (χ3v) is 1.21. The van der Waals surface area contributed by atoms with Crippen molar-refractivity contribution in [3.8, 4) is 0 Å². The highest BCUT2D eigenvalue weighted by Gasteiger charge is 2.17. The van der Waals surface area contributed by atoms with Crippen LogP contribution in [0.4, 0.5) is 4.39 Å². The van der Waals surface area contributed by atoms with Gasteiger partial charge in [0.15, 0.2) is 0 Å². The van der Waals surface area contributed by atoms with Crippen molar-refractivity contribution in [1.29, 1.82) is 0 Å². The predicted molar refractivity (Wildman–Crippen MR) is 29.5 cm³/mol. The highest BCUT2D eigenvalue weighted by molar-refractivity contribution is 5.01. The first kappa shape index (κ1) is 5.76. The average Bonchev–Trinajstić information content (AvgIpc) is 2.14. The van der Waals surface area contributed by atoms with Crippen LogP contribution in [0.5, 0.6) is 0 Å². The van der Waals surface area contributed by atoms with Gasteiger partial charge in [0.05, 0.1) is 12.7 Å². The number of ether oxygens (including phenoxy) is 1. The van der Waals surface area contributed by atoms with Crippen molar-refractivity contribution in [2.24, 2.45) is 0 Å². The van der Waals surface area contributed by atoms with Gasteiger partial charge in [0.1, 0.15) is 6.67 Å². The van der Waals surface area contributed by atoms with Gasteiger partial charge in [-0.1, -0.05) is 6.58 Å². The Kier molecular flexibility index (Phi) is 1.63. The van der Waals surface area contributed by atoms with Crippen LogP contribution < -0.4 is 0 Å². The highest BCUT2D eigenvalue weighted by atomic mass is 19.1. The van der Waals surface area contributed by atoms with E-state index in [4.69, 9.17) is 4.74 Å². The summed E-state index contributed by atoms with van der Waals surface area (Å²) >= 11 is 0. The zero-order valence-electron chi connectivity index (χ0n) is 4.69. The average molecular weight is 116 g/mol. The van der Waals surface area contributed by atoms with Crippen LogP contribution in [0.25, 0.3) is 0 Å². The van der Waals surface area contributed by atoms with Gasteiger partial charge in [0.2, 0.25) is 0 Å². The molecule has 1 aliphatic heterocycles. The smallest absolute Gasteiger partial charge is 0.116 e. The molecule has 0 aliphatic carbocycles. The molecule has 0 saturated carbocycles. The van der Waals surface area contributed by atoms with Crippen molar-refractivity contribution < 1.29 is 9.13 Å². The standard InChI is InChI=1S/C6H9FO/c1-5-2-6(3-7)8-4-5/h6H,1-4H2. The highest BCUT2D eigenvalue weighted by Crippen LogP contribution is 2.16. The summed E-state index contributed by atoms with van der Waals surface area (Å²) < 4.78 is 16.6. The molecule has 1 aliphatic rings. The first-order chi connectivity index (χ1) is 3.83. The lowest BCUT2D eigenvalue weighted by Gasteiger charge is -1.98. The zero-order chi connectivity index (χ0) is 5.98. The van der Waals surface area contributed by atoms with Crippen LogP contribution in [0.15, 0.2) is 12.2 Å². The molecule has 0 N–H and O–H groups in total. The Morgan fingerprint density at radius 3 is 2.88 bits per heavy atom. The lowest BCUT2D eigenvalue weighted by Crippen LogP contribution is -2.05. The van der Waals surface area contributed by atoms with Gasteiger partial charge in [-0.25, -0.2) is 4.39 Å². The number of alkyl halides is 1. The first-order valence-electron chi connectivity index (χ1n) is 2.67. The molecule has 1 nitrogen and oxygen atoms in total. The topological polar surface area (TPSA) is 9.23 Å². The van der Waals surface area contributed by atoms with Crippen LogP contribution in [-0.4, -0.2) is 19.4 Å². The van der Waals surface area contributed by atoms with Crippen LogP contribution in [0, 0.1) is 0 Å². The van der Waals surface area contributed by atoms with Crippen LogP contribution in [0.3, 0.4) is 0 Å².